The number of nitro benzene ring substituents is 1. The molecule has 0 aromatic heterocycles. The number of nitro groups is 1. The van der Waals surface area contributed by atoms with Gasteiger partial charge >= 0.3 is 11.7 Å². The molecule has 2 rings (SSSR count). The molecule has 22 N–H and O–H groups in total. The third-order valence-electron chi connectivity index (χ3n) is 12.3. The van der Waals surface area contributed by atoms with Crippen molar-refractivity contribution in [2.45, 2.75) is 147 Å². The van der Waals surface area contributed by atoms with E-state index in [1.54, 1.807) is 26.0 Å². The highest BCUT2D eigenvalue weighted by molar-refractivity contribution is 6.02. The Morgan fingerprint density at radius 2 is 1.06 bits per heavy atom. The molecular weight excluding hydrogens is 1050 g/mol. The largest absolute Gasteiger partial charge is 0.502 e. The van der Waals surface area contributed by atoms with Crippen LogP contribution in [0.1, 0.15) is 108 Å². The van der Waals surface area contributed by atoms with E-state index in [0.29, 0.717) is 25.7 Å². The Bertz CT molecular complexity index is 2530. The zero-order valence-corrected chi connectivity index (χ0v) is 45.3. The number of rotatable bonds is 36. The van der Waals surface area contributed by atoms with Gasteiger partial charge in [0.15, 0.2) is 11.7 Å². The van der Waals surface area contributed by atoms with Crippen LogP contribution >= 0.6 is 0 Å². The molecule has 0 heterocycles. The van der Waals surface area contributed by atoms with E-state index in [0.717, 1.165) is 12.1 Å². The SMILES string of the molecule is CC(C)[C@H](NC(=O)c1ccccc1N)C(=O)N[C@@H](CCCCN)C(=O)N[C@@H](CCCCN)C(=O)N[C@@H](CCCN=C(N)N)C(=O)N[C@@H](C)C(=O)N[C@@H](C)C(=O)N[C@@H](CCC(=O)O)C(=O)N[C@@H](Cc1ccc(O)c([N+](=O)[O-])c1)C(N)=O. The number of guanidine groups is 1. The summed E-state index contributed by atoms with van der Waals surface area (Å²) in [6.07, 6.45) is 0.199. The van der Waals surface area contributed by atoms with E-state index >= 15 is 0 Å². The van der Waals surface area contributed by atoms with Gasteiger partial charge in [-0.1, -0.05) is 32.0 Å². The Kier molecular flexibility index (Phi) is 28.9. The number of hydrogen-bond acceptors (Lipinski definition) is 17. The summed E-state index contributed by atoms with van der Waals surface area (Å²) in [5.41, 5.74) is 33.7. The quantitative estimate of drug-likeness (QED) is 0.00806. The van der Waals surface area contributed by atoms with Crippen LogP contribution in [0.15, 0.2) is 47.5 Å². The lowest BCUT2D eigenvalue weighted by molar-refractivity contribution is -0.385. The van der Waals surface area contributed by atoms with Crippen molar-refractivity contribution in [3.63, 3.8) is 0 Å². The lowest BCUT2D eigenvalue weighted by atomic mass is 10.0. The molecule has 0 aliphatic carbocycles. The Balaban J connectivity index is 2.31. The summed E-state index contributed by atoms with van der Waals surface area (Å²) in [5, 5.41) is 50.7. The van der Waals surface area contributed by atoms with Gasteiger partial charge in [-0.2, -0.15) is 0 Å². The van der Waals surface area contributed by atoms with Gasteiger partial charge in [-0.3, -0.25) is 63.1 Å². The zero-order valence-electron chi connectivity index (χ0n) is 45.3. The molecule has 9 amide bonds. The van der Waals surface area contributed by atoms with Crippen LogP contribution in [0.5, 0.6) is 5.75 Å². The number of carboxylic acids is 1. The van der Waals surface area contributed by atoms with Crippen LogP contribution in [0.25, 0.3) is 0 Å². The average Bonchev–Trinajstić information content (AvgIpc) is 3.38. The first kappa shape index (κ1) is 67.4. The molecule has 442 valence electrons. The zero-order chi connectivity index (χ0) is 60.2. The molecule has 2 aromatic rings. The number of phenols is 1. The fourth-order valence-corrected chi connectivity index (χ4v) is 7.75. The second-order valence-electron chi connectivity index (χ2n) is 19.2. The van der Waals surface area contributed by atoms with Crippen molar-refractivity contribution in [1.82, 2.24) is 42.5 Å². The number of carboxylic acid groups (broad SMARTS) is 1. The minimum atomic E-state index is -1.63. The molecule has 8 atom stereocenters. The van der Waals surface area contributed by atoms with E-state index in [9.17, 15) is 68.3 Å². The Hall–Kier alpha value is -8.67. The van der Waals surface area contributed by atoms with Gasteiger partial charge in [0.05, 0.1) is 10.5 Å². The highest BCUT2D eigenvalue weighted by Gasteiger charge is 2.34. The number of amides is 9. The van der Waals surface area contributed by atoms with Crippen molar-refractivity contribution < 1.29 is 63.1 Å². The van der Waals surface area contributed by atoms with E-state index in [1.807, 2.05) is 0 Å². The number of nitrogen functional groups attached to an aromatic ring is 1. The summed E-state index contributed by atoms with van der Waals surface area (Å²) in [7, 11) is 0. The first-order chi connectivity index (χ1) is 37.7. The van der Waals surface area contributed by atoms with E-state index in [1.165, 1.54) is 32.0 Å². The summed E-state index contributed by atoms with van der Waals surface area (Å²) >= 11 is 0. The van der Waals surface area contributed by atoms with Gasteiger partial charge < -0.3 is 87.1 Å². The van der Waals surface area contributed by atoms with E-state index in [4.69, 9.17) is 34.4 Å². The molecule has 0 fully saturated rings. The highest BCUT2D eigenvalue weighted by atomic mass is 16.6. The molecule has 0 radical (unpaired) electrons. The summed E-state index contributed by atoms with van der Waals surface area (Å²) in [6.45, 7) is 6.39. The van der Waals surface area contributed by atoms with Crippen LogP contribution < -0.4 is 76.9 Å². The van der Waals surface area contributed by atoms with Crippen LogP contribution in [0.3, 0.4) is 0 Å². The van der Waals surface area contributed by atoms with Crippen molar-refractivity contribution in [3.05, 3.63) is 63.7 Å². The number of anilines is 1. The van der Waals surface area contributed by atoms with E-state index in [-0.39, 0.29) is 68.1 Å². The Morgan fingerprint density at radius 1 is 0.600 bits per heavy atom. The number of carbonyl (C=O) groups excluding carboxylic acids is 9. The molecule has 0 aliphatic heterocycles. The van der Waals surface area contributed by atoms with Gasteiger partial charge in [-0.05, 0) is 114 Å². The number of phenolic OH excluding ortho intramolecular Hbond substituents is 1. The number of aliphatic imine (C=N–C) groups is 1. The number of aromatic hydroxyl groups is 1. The lowest BCUT2D eigenvalue weighted by Crippen LogP contribution is -2.60. The number of benzene rings is 2. The molecule has 0 bridgehead atoms. The fourth-order valence-electron chi connectivity index (χ4n) is 7.75. The van der Waals surface area contributed by atoms with Crippen molar-refractivity contribution >= 4 is 76.5 Å². The molecule has 0 saturated carbocycles. The number of unbranched alkanes of at least 4 members (excludes halogenated alkanes) is 2. The van der Waals surface area contributed by atoms with Gasteiger partial charge in [0.1, 0.15) is 48.3 Å². The number of primary amides is 1. The number of aliphatic carboxylic acids is 1. The number of para-hydroxylation sites is 1. The molecule has 0 unspecified atom stereocenters. The number of nitrogens with one attached hydrogen (secondary N) is 8. The van der Waals surface area contributed by atoms with Crippen LogP contribution in [-0.2, 0) is 49.6 Å². The van der Waals surface area contributed by atoms with Crippen molar-refractivity contribution in [1.29, 1.82) is 0 Å². The molecule has 30 nitrogen and oxygen atoms in total. The molecule has 0 saturated heterocycles. The molecule has 80 heavy (non-hydrogen) atoms. The van der Waals surface area contributed by atoms with Crippen LogP contribution in [0.2, 0.25) is 0 Å². The van der Waals surface area contributed by atoms with Crippen LogP contribution in [0.4, 0.5) is 11.4 Å². The van der Waals surface area contributed by atoms with Gasteiger partial charge in [-0.25, -0.2) is 0 Å². The Labute approximate surface area is 462 Å². The number of carbonyl (C=O) groups is 10. The minimum Gasteiger partial charge on any atom is -0.502 e. The second kappa shape index (κ2) is 34.3. The Morgan fingerprint density at radius 3 is 1.55 bits per heavy atom. The van der Waals surface area contributed by atoms with Crippen molar-refractivity contribution in [2.24, 2.45) is 39.6 Å². The molecule has 2 aromatic carbocycles. The summed E-state index contributed by atoms with van der Waals surface area (Å²) in [6, 6.07) is -1.57. The number of nitrogens with two attached hydrogens (primary N) is 6. The standard InChI is InChI=1S/C50H78N16O14/c1-26(2)40(65-44(73)30-12-5-6-13-31(30)53)49(78)63-33(15-8-10-22-52)47(76)61-32(14-7-9-21-51)46(75)62-34(16-11-23-57-50(55)56)45(74)59-27(3)42(71)58-28(4)43(72)60-35(18-20-39(68)69)48(77)64-36(41(54)70)24-29-17-19-38(67)37(25-29)66(79)80/h5-6,12-13,17,19,25-28,32-36,40,67H,7-11,14-16,18,20-24,51-53H2,1-4H3,(H2,54,70)(H,58,71)(H,59,74)(H,60,72)(H,61,76)(H,62,75)(H,63,78)(H,64,77)(H,65,73)(H,68,69)(H4,55,56,57)/t27-,28-,32-,33-,34-,35-,36-,40-/m0/s1. The second-order valence-corrected chi connectivity index (χ2v) is 19.2. The molecule has 30 heteroatoms. The van der Waals surface area contributed by atoms with Gasteiger partial charge in [0.25, 0.3) is 5.91 Å². The monoisotopic (exact) mass is 1130 g/mol. The lowest BCUT2D eigenvalue weighted by Gasteiger charge is -2.28. The maximum atomic E-state index is 14.2. The van der Waals surface area contributed by atoms with Gasteiger partial charge in [0, 0.05) is 31.1 Å². The molecule has 0 aliphatic rings. The van der Waals surface area contributed by atoms with Crippen molar-refractivity contribution in [2.75, 3.05) is 25.4 Å². The van der Waals surface area contributed by atoms with E-state index < -0.39 is 149 Å². The van der Waals surface area contributed by atoms with Crippen molar-refractivity contribution in [3.8, 4) is 5.75 Å². The third-order valence-corrected chi connectivity index (χ3v) is 12.3. The summed E-state index contributed by atoms with van der Waals surface area (Å²) in [5.74, 6) is -10.6. The normalized spacial score (nSPS) is 13.9. The summed E-state index contributed by atoms with van der Waals surface area (Å²) in [4.78, 5) is 148. The fraction of sp³-hybridized carbons (Fsp3) is 0.540. The van der Waals surface area contributed by atoms with Crippen LogP contribution in [0, 0.1) is 16.0 Å². The van der Waals surface area contributed by atoms with Crippen LogP contribution in [-0.4, -0.2) is 148 Å². The van der Waals surface area contributed by atoms with Gasteiger partial charge in [-0.15, -0.1) is 0 Å². The molecule has 0 spiro atoms. The first-order valence-electron chi connectivity index (χ1n) is 25.9. The maximum absolute atomic E-state index is 14.2. The highest BCUT2D eigenvalue weighted by Crippen LogP contribution is 2.27. The minimum absolute atomic E-state index is 0.0138. The topological polar surface area (TPSA) is 519 Å². The number of nitrogens with zero attached hydrogens (tertiary/aromatic N) is 2. The third kappa shape index (κ3) is 23.5. The molecular formula is C50H78N16O14. The smallest absolute Gasteiger partial charge is 0.310 e. The predicted octanol–water partition coefficient (Wildman–Crippen LogP) is -3.03. The van der Waals surface area contributed by atoms with Gasteiger partial charge in [0.2, 0.25) is 47.3 Å². The average molecular weight is 1130 g/mol. The number of hydrogen-bond donors (Lipinski definition) is 16. The predicted molar refractivity (Wildman–Crippen MR) is 292 cm³/mol. The summed E-state index contributed by atoms with van der Waals surface area (Å²) < 4.78 is 0. The maximum Gasteiger partial charge on any atom is 0.310 e. The van der Waals surface area contributed by atoms with E-state index in [2.05, 4.69) is 47.5 Å². The first-order valence-corrected chi connectivity index (χ1v) is 25.9.